The average molecular weight is 317 g/mol. The third-order valence-electron chi connectivity index (χ3n) is 4.32. The topological polar surface area (TPSA) is 65.1 Å². The quantitative estimate of drug-likeness (QED) is 0.543. The molecule has 0 fully saturated rings. The van der Waals surface area contributed by atoms with E-state index in [1.54, 1.807) is 0 Å². The Bertz CT molecular complexity index is 443. The van der Waals surface area contributed by atoms with Crippen LogP contribution in [0.1, 0.15) is 51.9 Å². The zero-order valence-electron chi connectivity index (χ0n) is 13.9. The van der Waals surface area contributed by atoms with Crippen molar-refractivity contribution in [2.75, 3.05) is 6.61 Å². The molecule has 1 heterocycles. The summed E-state index contributed by atoms with van der Waals surface area (Å²) in [4.78, 5) is 0. The van der Waals surface area contributed by atoms with Gasteiger partial charge in [-0.25, -0.2) is 0 Å². The number of aromatic nitrogens is 2. The van der Waals surface area contributed by atoms with Crippen molar-refractivity contribution in [2.24, 2.45) is 5.84 Å². The first-order valence-corrected chi connectivity index (χ1v) is 8.19. The Hall–Kier alpha value is -0.620. The average Bonchev–Trinajstić information content (AvgIpc) is 2.77. The standard InChI is InChI=1S/C15H29ClN4O/c1-6-15(7-2,21-9-4)13(18-17)10-12-14(16)11(5)19-20(12)8-3/h13,18H,6-10,17H2,1-5H3. The lowest BCUT2D eigenvalue weighted by molar-refractivity contribution is -0.0723. The smallest absolute Gasteiger partial charge is 0.0847 e. The van der Waals surface area contributed by atoms with Gasteiger partial charge >= 0.3 is 0 Å². The Balaban J connectivity index is 3.11. The number of nitrogens with two attached hydrogens (primary N) is 1. The predicted molar refractivity (Wildman–Crippen MR) is 87.4 cm³/mol. The molecule has 3 N–H and O–H groups in total. The third-order valence-corrected chi connectivity index (χ3v) is 4.81. The highest BCUT2D eigenvalue weighted by molar-refractivity contribution is 6.31. The fourth-order valence-electron chi connectivity index (χ4n) is 2.99. The molecule has 0 aromatic carbocycles. The minimum Gasteiger partial charge on any atom is -0.374 e. The summed E-state index contributed by atoms with van der Waals surface area (Å²) in [5.74, 6) is 5.83. The number of nitrogens with one attached hydrogen (secondary N) is 1. The lowest BCUT2D eigenvalue weighted by Crippen LogP contribution is -2.55. The van der Waals surface area contributed by atoms with Crippen LogP contribution >= 0.6 is 11.6 Å². The molecular weight excluding hydrogens is 288 g/mol. The number of nitrogens with zero attached hydrogens (tertiary/aromatic N) is 2. The van der Waals surface area contributed by atoms with Crippen molar-refractivity contribution in [3.05, 3.63) is 16.4 Å². The van der Waals surface area contributed by atoms with Crippen molar-refractivity contribution in [3.8, 4) is 0 Å². The van der Waals surface area contributed by atoms with Crippen LogP contribution in [0, 0.1) is 6.92 Å². The highest BCUT2D eigenvalue weighted by atomic mass is 35.5. The number of halogens is 1. The van der Waals surface area contributed by atoms with Gasteiger partial charge in [-0.1, -0.05) is 25.4 Å². The minimum absolute atomic E-state index is 0.00801. The second-order valence-electron chi connectivity index (χ2n) is 5.29. The SMILES string of the molecule is CCOC(CC)(CC)C(Cc1c(Cl)c(C)nn1CC)NN. The van der Waals surface area contributed by atoms with Gasteiger partial charge in [-0.3, -0.25) is 16.0 Å². The molecule has 0 aliphatic rings. The molecule has 0 aliphatic carbocycles. The molecule has 122 valence electrons. The number of aryl methyl sites for hydroxylation is 2. The van der Waals surface area contributed by atoms with Crippen molar-refractivity contribution in [2.45, 2.75) is 72.1 Å². The lowest BCUT2D eigenvalue weighted by Gasteiger charge is -2.39. The highest BCUT2D eigenvalue weighted by Crippen LogP contribution is 2.30. The molecule has 6 heteroatoms. The summed E-state index contributed by atoms with van der Waals surface area (Å²) < 4.78 is 8.01. The first-order chi connectivity index (χ1) is 9.99. The molecule has 21 heavy (non-hydrogen) atoms. The summed E-state index contributed by atoms with van der Waals surface area (Å²) in [7, 11) is 0. The van der Waals surface area contributed by atoms with Gasteiger partial charge in [0.2, 0.25) is 0 Å². The summed E-state index contributed by atoms with van der Waals surface area (Å²) in [6.07, 6.45) is 2.48. The number of rotatable bonds is 9. The van der Waals surface area contributed by atoms with Gasteiger partial charge in [0.15, 0.2) is 0 Å². The van der Waals surface area contributed by atoms with Gasteiger partial charge in [0.05, 0.1) is 28.1 Å². The van der Waals surface area contributed by atoms with Crippen molar-refractivity contribution in [1.29, 1.82) is 0 Å². The van der Waals surface area contributed by atoms with Crippen molar-refractivity contribution >= 4 is 11.6 Å². The van der Waals surface area contributed by atoms with E-state index in [0.717, 1.165) is 35.8 Å². The predicted octanol–water partition coefficient (Wildman–Crippen LogP) is 2.83. The molecule has 0 aliphatic heterocycles. The molecule has 1 aromatic rings. The van der Waals surface area contributed by atoms with Crippen molar-refractivity contribution in [1.82, 2.24) is 15.2 Å². The summed E-state index contributed by atoms with van der Waals surface area (Å²) in [5, 5.41) is 5.20. The van der Waals surface area contributed by atoms with Crippen LogP contribution in [0.3, 0.4) is 0 Å². The van der Waals surface area contributed by atoms with Gasteiger partial charge in [-0.2, -0.15) is 5.10 Å². The molecule has 1 unspecified atom stereocenters. The zero-order chi connectivity index (χ0) is 16.0. The number of hydrogen-bond donors (Lipinski definition) is 2. The highest BCUT2D eigenvalue weighted by Gasteiger charge is 2.37. The Kier molecular flexibility index (Phi) is 7.13. The number of hydrogen-bond acceptors (Lipinski definition) is 4. The van der Waals surface area contributed by atoms with Crippen molar-refractivity contribution < 1.29 is 4.74 Å². The normalized spacial score (nSPS) is 13.7. The lowest BCUT2D eigenvalue weighted by atomic mass is 9.85. The maximum atomic E-state index is 6.41. The molecule has 0 radical (unpaired) electrons. The molecule has 0 spiro atoms. The molecule has 0 amide bonds. The van der Waals surface area contributed by atoms with Gasteiger partial charge in [-0.05, 0) is 33.6 Å². The van der Waals surface area contributed by atoms with E-state index in [1.807, 2.05) is 18.5 Å². The fraction of sp³-hybridized carbons (Fsp3) is 0.800. The van der Waals surface area contributed by atoms with Crippen LogP contribution in [-0.2, 0) is 17.7 Å². The summed E-state index contributed by atoms with van der Waals surface area (Å²) in [6.45, 7) is 11.7. The van der Waals surface area contributed by atoms with E-state index in [2.05, 4.69) is 31.3 Å². The molecular formula is C15H29ClN4O. The first kappa shape index (κ1) is 18.4. The Morgan fingerprint density at radius 2 is 1.95 bits per heavy atom. The van der Waals surface area contributed by atoms with E-state index in [9.17, 15) is 0 Å². The summed E-state index contributed by atoms with van der Waals surface area (Å²) in [5.41, 5.74) is 4.53. The minimum atomic E-state index is -0.288. The van der Waals surface area contributed by atoms with Crippen LogP contribution in [0.15, 0.2) is 0 Å². The molecule has 1 aromatic heterocycles. The Morgan fingerprint density at radius 3 is 2.38 bits per heavy atom. The van der Waals surface area contributed by atoms with E-state index < -0.39 is 0 Å². The van der Waals surface area contributed by atoms with Crippen molar-refractivity contribution in [3.63, 3.8) is 0 Å². The number of hydrazine groups is 1. The maximum absolute atomic E-state index is 6.41. The van der Waals surface area contributed by atoms with E-state index in [0.29, 0.717) is 13.0 Å². The Labute approximate surface area is 133 Å². The van der Waals surface area contributed by atoms with Crippen LogP contribution in [0.5, 0.6) is 0 Å². The number of ether oxygens (including phenoxy) is 1. The fourth-order valence-corrected chi connectivity index (χ4v) is 3.20. The molecule has 1 atom stereocenters. The molecule has 0 bridgehead atoms. The van der Waals surface area contributed by atoms with Crippen LogP contribution < -0.4 is 11.3 Å². The second-order valence-corrected chi connectivity index (χ2v) is 5.67. The maximum Gasteiger partial charge on any atom is 0.0847 e. The van der Waals surface area contributed by atoms with E-state index in [4.69, 9.17) is 22.2 Å². The second kappa shape index (κ2) is 8.13. The summed E-state index contributed by atoms with van der Waals surface area (Å²) in [6, 6.07) is -0.00801. The van der Waals surface area contributed by atoms with Crippen LogP contribution in [0.4, 0.5) is 0 Å². The van der Waals surface area contributed by atoms with E-state index >= 15 is 0 Å². The summed E-state index contributed by atoms with van der Waals surface area (Å²) >= 11 is 6.41. The van der Waals surface area contributed by atoms with E-state index in [-0.39, 0.29) is 11.6 Å². The van der Waals surface area contributed by atoms with Gasteiger partial charge in [0.25, 0.3) is 0 Å². The van der Waals surface area contributed by atoms with Crippen LogP contribution in [-0.4, -0.2) is 28.0 Å². The molecule has 0 saturated heterocycles. The first-order valence-electron chi connectivity index (χ1n) is 7.81. The molecule has 5 nitrogen and oxygen atoms in total. The van der Waals surface area contributed by atoms with Gasteiger partial charge in [-0.15, -0.1) is 0 Å². The molecule has 0 saturated carbocycles. The zero-order valence-corrected chi connectivity index (χ0v) is 14.6. The van der Waals surface area contributed by atoms with E-state index in [1.165, 1.54) is 0 Å². The van der Waals surface area contributed by atoms with Crippen LogP contribution in [0.25, 0.3) is 0 Å². The van der Waals surface area contributed by atoms with Gasteiger partial charge in [0.1, 0.15) is 0 Å². The van der Waals surface area contributed by atoms with Gasteiger partial charge < -0.3 is 4.74 Å². The third kappa shape index (κ3) is 3.77. The largest absolute Gasteiger partial charge is 0.374 e. The Morgan fingerprint density at radius 1 is 1.33 bits per heavy atom. The molecule has 1 rings (SSSR count). The van der Waals surface area contributed by atoms with Crippen LogP contribution in [0.2, 0.25) is 5.02 Å². The van der Waals surface area contributed by atoms with Gasteiger partial charge in [0, 0.05) is 19.6 Å². The monoisotopic (exact) mass is 316 g/mol.